The lowest BCUT2D eigenvalue weighted by atomic mass is 9.89. The maximum atomic E-state index is 17.0. The zero-order valence-electron chi connectivity index (χ0n) is 27.1. The fourth-order valence-electron chi connectivity index (χ4n) is 8.91. The van der Waals surface area contributed by atoms with Gasteiger partial charge in [0.2, 0.25) is 0 Å². The molecular weight excluding hydrogens is 621 g/mol. The van der Waals surface area contributed by atoms with Gasteiger partial charge in [0.15, 0.2) is 5.82 Å². The molecule has 0 aliphatic carbocycles. The SMILES string of the molecule is CCc1c(F)ccc2cc(O)cc(-c3c(F)cc4c(N5CCCC6(CNC(=O)N6)C5)nc(OC[C@@]56CCCN5C[C@H](C)C6)nc4c3F)c12. The Hall–Kier alpha value is -4.32. The lowest BCUT2D eigenvalue weighted by Crippen LogP contribution is -2.56. The number of carbonyl (C=O) groups excluding carboxylic acids is 1. The van der Waals surface area contributed by atoms with E-state index >= 15 is 13.2 Å². The van der Waals surface area contributed by atoms with Crippen molar-refractivity contribution in [3.8, 4) is 22.9 Å². The number of phenolic OH excluding ortho intramolecular Hbond substituents is 1. The van der Waals surface area contributed by atoms with E-state index in [1.54, 1.807) is 6.92 Å². The molecule has 0 saturated carbocycles. The zero-order valence-corrected chi connectivity index (χ0v) is 27.1. The lowest BCUT2D eigenvalue weighted by molar-refractivity contribution is 0.107. The van der Waals surface area contributed by atoms with E-state index in [0.717, 1.165) is 45.2 Å². The maximum Gasteiger partial charge on any atom is 0.319 e. The van der Waals surface area contributed by atoms with Crippen LogP contribution in [0.15, 0.2) is 30.3 Å². The van der Waals surface area contributed by atoms with E-state index in [1.165, 1.54) is 30.3 Å². The Morgan fingerprint density at radius 3 is 2.71 bits per heavy atom. The van der Waals surface area contributed by atoms with Gasteiger partial charge in [0.05, 0.1) is 16.6 Å². The second kappa shape index (κ2) is 11.4. The van der Waals surface area contributed by atoms with Crippen molar-refractivity contribution in [2.45, 2.75) is 63.5 Å². The first kappa shape index (κ1) is 31.0. The minimum Gasteiger partial charge on any atom is -0.508 e. The van der Waals surface area contributed by atoms with Crippen molar-refractivity contribution in [3.63, 3.8) is 0 Å². The van der Waals surface area contributed by atoms with E-state index in [-0.39, 0.29) is 46.2 Å². The highest BCUT2D eigenvalue weighted by atomic mass is 19.1. The predicted molar refractivity (Wildman–Crippen MR) is 177 cm³/mol. The molecule has 1 spiro atoms. The molecule has 2 amide bonds. The smallest absolute Gasteiger partial charge is 0.319 e. The van der Waals surface area contributed by atoms with Crippen LogP contribution in [0, 0.1) is 23.4 Å². The second-order valence-electron chi connectivity index (χ2n) is 14.2. The van der Waals surface area contributed by atoms with Crippen LogP contribution in [0.2, 0.25) is 0 Å². The number of hydrogen-bond donors (Lipinski definition) is 3. The molecule has 1 aromatic heterocycles. The van der Waals surface area contributed by atoms with Crippen LogP contribution < -0.4 is 20.3 Å². The molecule has 48 heavy (non-hydrogen) atoms. The Kier molecular flexibility index (Phi) is 7.35. The average molecular weight is 661 g/mol. The highest BCUT2D eigenvalue weighted by molar-refractivity contribution is 6.03. The molecule has 12 heteroatoms. The van der Waals surface area contributed by atoms with Gasteiger partial charge in [0, 0.05) is 31.6 Å². The van der Waals surface area contributed by atoms with Gasteiger partial charge in [-0.2, -0.15) is 9.97 Å². The van der Waals surface area contributed by atoms with Crippen molar-refractivity contribution in [2.24, 2.45) is 5.92 Å². The molecule has 1 unspecified atom stereocenters. The normalized spacial score (nSPS) is 25.6. The molecule has 0 radical (unpaired) electrons. The van der Waals surface area contributed by atoms with Gasteiger partial charge in [-0.25, -0.2) is 18.0 Å². The molecule has 3 aromatic carbocycles. The standard InChI is InChI=1S/C36H39F3N6O3/c1-3-23-26(37)7-6-21-12-22(46)13-24(28(21)23)29-27(38)14-25-31(30(29)39)41-34(48-19-36-9-5-11-45(36)16-20(2)15-36)42-32(25)44-10-4-8-35(18-44)17-40-33(47)43-35/h6-7,12-14,20,46H,3-5,8-11,15-19H2,1-2H3,(H2,40,43,47)/t20-,35?,36+/m1/s1. The zero-order chi connectivity index (χ0) is 33.4. The maximum absolute atomic E-state index is 17.0. The van der Waals surface area contributed by atoms with E-state index in [9.17, 15) is 9.90 Å². The number of carbonyl (C=O) groups is 1. The monoisotopic (exact) mass is 660 g/mol. The number of rotatable bonds is 6. The van der Waals surface area contributed by atoms with Gasteiger partial charge in [0.25, 0.3) is 0 Å². The molecule has 4 aromatic rings. The van der Waals surface area contributed by atoms with Crippen LogP contribution in [-0.4, -0.2) is 76.4 Å². The number of nitrogens with one attached hydrogen (secondary N) is 2. The molecule has 4 aliphatic rings. The largest absolute Gasteiger partial charge is 0.508 e. The molecule has 8 rings (SSSR count). The third-order valence-corrected chi connectivity index (χ3v) is 10.9. The Morgan fingerprint density at radius 1 is 1.08 bits per heavy atom. The summed E-state index contributed by atoms with van der Waals surface area (Å²) >= 11 is 0. The van der Waals surface area contributed by atoms with Crippen LogP contribution >= 0.6 is 0 Å². The molecule has 4 aliphatic heterocycles. The van der Waals surface area contributed by atoms with Crippen LogP contribution in [-0.2, 0) is 6.42 Å². The topological polar surface area (TPSA) is 103 Å². The first-order valence-corrected chi connectivity index (χ1v) is 16.9. The molecule has 4 saturated heterocycles. The van der Waals surface area contributed by atoms with Crippen LogP contribution in [0.4, 0.5) is 23.8 Å². The number of hydrogen-bond acceptors (Lipinski definition) is 7. The molecule has 3 N–H and O–H groups in total. The van der Waals surface area contributed by atoms with Crippen molar-refractivity contribution >= 4 is 33.5 Å². The van der Waals surface area contributed by atoms with Gasteiger partial charge < -0.3 is 25.4 Å². The molecule has 3 atom stereocenters. The van der Waals surface area contributed by atoms with Gasteiger partial charge in [-0.15, -0.1) is 0 Å². The fourth-order valence-corrected chi connectivity index (χ4v) is 8.91. The number of urea groups is 1. The average Bonchev–Trinajstić information content (AvgIpc) is 3.71. The first-order chi connectivity index (χ1) is 23.1. The minimum atomic E-state index is -0.950. The highest BCUT2D eigenvalue weighted by Gasteiger charge is 2.48. The van der Waals surface area contributed by atoms with Gasteiger partial charge in [-0.05, 0) is 97.2 Å². The van der Waals surface area contributed by atoms with Crippen LogP contribution in [0.3, 0.4) is 0 Å². The van der Waals surface area contributed by atoms with Gasteiger partial charge in [0.1, 0.15) is 35.3 Å². The third kappa shape index (κ3) is 4.98. The van der Waals surface area contributed by atoms with E-state index < -0.39 is 28.6 Å². The fraction of sp³-hybridized carbons (Fsp3) is 0.472. The summed E-state index contributed by atoms with van der Waals surface area (Å²) in [7, 11) is 0. The van der Waals surface area contributed by atoms with Gasteiger partial charge >= 0.3 is 12.0 Å². The van der Waals surface area contributed by atoms with Crippen molar-refractivity contribution in [1.82, 2.24) is 25.5 Å². The van der Waals surface area contributed by atoms with Crippen molar-refractivity contribution < 1.29 is 27.8 Å². The summed E-state index contributed by atoms with van der Waals surface area (Å²) in [5, 5.41) is 17.5. The van der Waals surface area contributed by atoms with Crippen LogP contribution in [0.5, 0.6) is 11.8 Å². The second-order valence-corrected chi connectivity index (χ2v) is 14.2. The third-order valence-electron chi connectivity index (χ3n) is 10.9. The summed E-state index contributed by atoms with van der Waals surface area (Å²) in [6.07, 6.45) is 4.80. The summed E-state index contributed by atoms with van der Waals surface area (Å²) < 4.78 is 54.8. The first-order valence-electron chi connectivity index (χ1n) is 16.9. The number of aryl methyl sites for hydroxylation is 1. The van der Waals surface area contributed by atoms with Crippen molar-refractivity contribution in [3.05, 3.63) is 53.3 Å². The van der Waals surface area contributed by atoms with E-state index in [2.05, 4.69) is 27.4 Å². The molecule has 252 valence electrons. The molecule has 5 heterocycles. The Bertz CT molecular complexity index is 1980. The number of amides is 2. The van der Waals surface area contributed by atoms with Gasteiger partial charge in [-0.1, -0.05) is 19.9 Å². The van der Waals surface area contributed by atoms with E-state index in [1.807, 2.05) is 4.90 Å². The van der Waals surface area contributed by atoms with E-state index in [4.69, 9.17) is 9.72 Å². The van der Waals surface area contributed by atoms with Crippen LogP contribution in [0.25, 0.3) is 32.8 Å². The predicted octanol–water partition coefficient (Wildman–Crippen LogP) is 6.04. The van der Waals surface area contributed by atoms with Crippen molar-refractivity contribution in [2.75, 3.05) is 44.2 Å². The summed E-state index contributed by atoms with van der Waals surface area (Å²) in [6, 6.07) is 6.48. The lowest BCUT2D eigenvalue weighted by Gasteiger charge is -2.40. The number of nitrogens with zero attached hydrogens (tertiary/aromatic N) is 4. The summed E-state index contributed by atoms with van der Waals surface area (Å²) in [5.41, 5.74) is -0.892. The molecule has 0 bridgehead atoms. The summed E-state index contributed by atoms with van der Waals surface area (Å²) in [6.45, 7) is 7.72. The Morgan fingerprint density at radius 2 is 1.92 bits per heavy atom. The number of piperidine rings is 1. The Labute approximate surface area is 276 Å². The van der Waals surface area contributed by atoms with Crippen LogP contribution in [0.1, 0.15) is 51.5 Å². The number of aromatic hydroxyl groups is 1. The van der Waals surface area contributed by atoms with E-state index in [0.29, 0.717) is 54.3 Å². The number of halogens is 3. The molecule has 4 fully saturated rings. The van der Waals surface area contributed by atoms with Gasteiger partial charge in [-0.3, -0.25) is 4.90 Å². The number of fused-ring (bicyclic) bond motifs is 3. The summed E-state index contributed by atoms with van der Waals surface area (Å²) in [5.74, 6) is -1.68. The molecule has 9 nitrogen and oxygen atoms in total. The minimum absolute atomic E-state index is 0.0102. The highest BCUT2D eigenvalue weighted by Crippen LogP contribution is 2.44. The quantitative estimate of drug-likeness (QED) is 0.232. The number of phenols is 1. The Balaban J connectivity index is 1.29. The molecular formula is C36H39F3N6O3. The number of anilines is 1. The summed E-state index contributed by atoms with van der Waals surface area (Å²) in [4.78, 5) is 25.9. The number of aromatic nitrogens is 2. The van der Waals surface area contributed by atoms with Crippen molar-refractivity contribution in [1.29, 1.82) is 0 Å². The number of ether oxygens (including phenoxy) is 1. The number of benzene rings is 3.